The van der Waals surface area contributed by atoms with Crippen LogP contribution in [-0.4, -0.2) is 37.6 Å². The molecule has 3 rings (SSSR count). The van der Waals surface area contributed by atoms with Crippen LogP contribution in [0.1, 0.15) is 22.4 Å². The summed E-state index contributed by atoms with van der Waals surface area (Å²) in [6.45, 7) is 1.86. The minimum Gasteiger partial charge on any atom is -0.467 e. The lowest BCUT2D eigenvalue weighted by Gasteiger charge is -2.10. The molecule has 0 spiro atoms. The zero-order valence-corrected chi connectivity index (χ0v) is 15.4. The van der Waals surface area contributed by atoms with Crippen molar-refractivity contribution in [2.24, 2.45) is 5.10 Å². The average molecular weight is 382 g/mol. The van der Waals surface area contributed by atoms with Crippen molar-refractivity contribution in [3.63, 3.8) is 0 Å². The molecule has 0 saturated heterocycles. The van der Waals surface area contributed by atoms with Crippen molar-refractivity contribution in [3.05, 3.63) is 46.6 Å². The lowest BCUT2D eigenvalue weighted by Crippen LogP contribution is -2.25. The van der Waals surface area contributed by atoms with E-state index in [1.54, 1.807) is 31.2 Å². The summed E-state index contributed by atoms with van der Waals surface area (Å²) in [4.78, 5) is 16.1. The van der Waals surface area contributed by atoms with Crippen molar-refractivity contribution in [2.45, 2.75) is 13.5 Å². The number of carbonyl (C=O) groups is 1. The number of hydrazone groups is 1. The number of rotatable bonds is 7. The Labute approximate surface area is 161 Å². The quantitative estimate of drug-likeness (QED) is 0.572. The number of hydrogen-bond donors (Lipinski definition) is 1. The van der Waals surface area contributed by atoms with Gasteiger partial charge in [-0.25, -0.2) is 10.4 Å². The molecule has 0 saturated carbocycles. The number of benzene rings is 1. The number of amides is 1. The van der Waals surface area contributed by atoms with Crippen LogP contribution in [0.2, 0.25) is 0 Å². The van der Waals surface area contributed by atoms with E-state index in [0.717, 1.165) is 5.56 Å². The molecule has 0 bridgehead atoms. The number of ether oxygens (including phenoxy) is 4. The smallest absolute Gasteiger partial charge is 0.278 e. The van der Waals surface area contributed by atoms with E-state index in [9.17, 15) is 10.1 Å². The summed E-state index contributed by atoms with van der Waals surface area (Å²) >= 11 is 0. The van der Waals surface area contributed by atoms with Gasteiger partial charge in [0, 0.05) is 18.4 Å². The van der Waals surface area contributed by atoms with E-state index in [1.165, 1.54) is 13.3 Å². The molecule has 1 N–H and O–H groups in total. The van der Waals surface area contributed by atoms with E-state index >= 15 is 0 Å². The summed E-state index contributed by atoms with van der Waals surface area (Å²) in [5.41, 5.74) is 4.64. The molecule has 0 atom stereocenters. The largest absolute Gasteiger partial charge is 0.467 e. The van der Waals surface area contributed by atoms with E-state index in [0.29, 0.717) is 22.8 Å². The van der Waals surface area contributed by atoms with Crippen LogP contribution >= 0.6 is 0 Å². The van der Waals surface area contributed by atoms with Crippen LogP contribution in [0.25, 0.3) is 0 Å². The standard InChI is InChI=1S/C19H18N4O5/c1-12-5-14(9-25-2)15(7-20)19(22-12)26-10-18(24)23-21-8-13-3-4-16-17(6-13)28-11-27-16/h3-6,8H,9-11H2,1-2H3,(H,23,24)/b21-8+. The molecule has 2 heterocycles. The second-order valence-electron chi connectivity index (χ2n) is 5.84. The minimum atomic E-state index is -0.488. The molecule has 0 unspecified atom stereocenters. The van der Waals surface area contributed by atoms with Crippen LogP contribution in [0.15, 0.2) is 29.4 Å². The molecule has 1 aliphatic rings. The predicted molar refractivity (Wildman–Crippen MR) is 98.2 cm³/mol. The van der Waals surface area contributed by atoms with Gasteiger partial charge in [-0.05, 0) is 36.8 Å². The fourth-order valence-electron chi connectivity index (χ4n) is 2.54. The van der Waals surface area contributed by atoms with Crippen LogP contribution < -0.4 is 19.6 Å². The predicted octanol–water partition coefficient (Wildman–Crippen LogP) is 1.67. The Kier molecular flexibility index (Phi) is 6.04. The van der Waals surface area contributed by atoms with Gasteiger partial charge in [0.25, 0.3) is 5.91 Å². The lowest BCUT2D eigenvalue weighted by molar-refractivity contribution is -0.123. The molecule has 9 nitrogen and oxygen atoms in total. The van der Waals surface area contributed by atoms with Gasteiger partial charge in [-0.15, -0.1) is 0 Å². The molecule has 0 radical (unpaired) electrons. The summed E-state index contributed by atoms with van der Waals surface area (Å²) in [5.74, 6) is 0.892. The van der Waals surface area contributed by atoms with Crippen LogP contribution in [0.3, 0.4) is 0 Å². The molecule has 144 valence electrons. The molecule has 0 fully saturated rings. The third-order valence-corrected chi connectivity index (χ3v) is 3.75. The highest BCUT2D eigenvalue weighted by Crippen LogP contribution is 2.31. The SMILES string of the molecule is COCc1cc(C)nc(OCC(=O)N/N=C/c2ccc3c(c2)OCO3)c1C#N. The fraction of sp³-hybridized carbons (Fsp3) is 0.263. The highest BCUT2D eigenvalue weighted by Gasteiger charge is 2.14. The topological polar surface area (TPSA) is 115 Å². The van der Waals surface area contributed by atoms with Crippen LogP contribution in [0.4, 0.5) is 0 Å². The first-order valence-electron chi connectivity index (χ1n) is 8.34. The number of nitriles is 1. The second-order valence-corrected chi connectivity index (χ2v) is 5.84. The van der Waals surface area contributed by atoms with Gasteiger partial charge in [-0.1, -0.05) is 0 Å². The van der Waals surface area contributed by atoms with Crippen molar-refractivity contribution in [3.8, 4) is 23.4 Å². The van der Waals surface area contributed by atoms with Crippen molar-refractivity contribution < 1.29 is 23.7 Å². The maximum absolute atomic E-state index is 12.0. The Morgan fingerprint density at radius 3 is 3.00 bits per heavy atom. The van der Waals surface area contributed by atoms with Crippen LogP contribution in [0.5, 0.6) is 17.4 Å². The molecular formula is C19H18N4O5. The van der Waals surface area contributed by atoms with Gasteiger partial charge < -0.3 is 18.9 Å². The van der Waals surface area contributed by atoms with E-state index < -0.39 is 5.91 Å². The fourth-order valence-corrected chi connectivity index (χ4v) is 2.54. The Bertz CT molecular complexity index is 952. The highest BCUT2D eigenvalue weighted by molar-refractivity contribution is 5.83. The number of methoxy groups -OCH3 is 1. The summed E-state index contributed by atoms with van der Waals surface area (Å²) < 4.78 is 21.0. The summed E-state index contributed by atoms with van der Waals surface area (Å²) in [7, 11) is 1.53. The zero-order chi connectivity index (χ0) is 19.9. The molecule has 1 aromatic carbocycles. The van der Waals surface area contributed by atoms with E-state index in [4.69, 9.17) is 18.9 Å². The number of nitrogens with one attached hydrogen (secondary N) is 1. The summed E-state index contributed by atoms with van der Waals surface area (Å²) in [6, 6.07) is 9.07. The number of nitrogens with zero attached hydrogens (tertiary/aromatic N) is 3. The van der Waals surface area contributed by atoms with Gasteiger partial charge in [0.1, 0.15) is 11.6 Å². The first-order chi connectivity index (χ1) is 13.6. The molecule has 1 amide bonds. The summed E-state index contributed by atoms with van der Waals surface area (Å²) in [5, 5.41) is 13.2. The molecule has 0 aliphatic carbocycles. The lowest BCUT2D eigenvalue weighted by atomic mass is 10.1. The number of aromatic nitrogens is 1. The molecule has 2 aromatic rings. The van der Waals surface area contributed by atoms with E-state index in [-0.39, 0.29) is 31.5 Å². The van der Waals surface area contributed by atoms with Crippen molar-refractivity contribution in [1.29, 1.82) is 5.26 Å². The summed E-state index contributed by atoms with van der Waals surface area (Å²) in [6.07, 6.45) is 1.47. The van der Waals surface area contributed by atoms with Gasteiger partial charge in [-0.3, -0.25) is 4.79 Å². The second kappa shape index (κ2) is 8.83. The van der Waals surface area contributed by atoms with Gasteiger partial charge in [-0.2, -0.15) is 10.4 Å². The van der Waals surface area contributed by atoms with E-state index in [2.05, 4.69) is 15.5 Å². The van der Waals surface area contributed by atoms with Gasteiger partial charge in [0.2, 0.25) is 12.7 Å². The van der Waals surface area contributed by atoms with Crippen molar-refractivity contribution in [1.82, 2.24) is 10.4 Å². The highest BCUT2D eigenvalue weighted by atomic mass is 16.7. The maximum atomic E-state index is 12.0. The molecule has 1 aromatic heterocycles. The Hall–Kier alpha value is -3.64. The van der Waals surface area contributed by atoms with Gasteiger partial charge in [0.15, 0.2) is 18.1 Å². The van der Waals surface area contributed by atoms with Crippen molar-refractivity contribution >= 4 is 12.1 Å². The van der Waals surface area contributed by atoms with Crippen LogP contribution in [-0.2, 0) is 16.1 Å². The molecule has 1 aliphatic heterocycles. The van der Waals surface area contributed by atoms with Crippen LogP contribution in [0, 0.1) is 18.3 Å². The molecule has 9 heteroatoms. The Morgan fingerprint density at radius 2 is 2.21 bits per heavy atom. The third kappa shape index (κ3) is 4.55. The Balaban J connectivity index is 1.58. The van der Waals surface area contributed by atoms with Gasteiger partial charge in [0.05, 0.1) is 12.8 Å². The molecular weight excluding hydrogens is 364 g/mol. The number of carbonyl (C=O) groups excluding carboxylic acids is 1. The van der Waals surface area contributed by atoms with Crippen molar-refractivity contribution in [2.75, 3.05) is 20.5 Å². The third-order valence-electron chi connectivity index (χ3n) is 3.75. The first kappa shape index (κ1) is 19.1. The monoisotopic (exact) mass is 382 g/mol. The zero-order valence-electron chi connectivity index (χ0n) is 15.4. The Morgan fingerprint density at radius 1 is 1.39 bits per heavy atom. The number of fused-ring (bicyclic) bond motifs is 1. The van der Waals surface area contributed by atoms with E-state index in [1.807, 2.05) is 6.07 Å². The number of hydrogen-bond acceptors (Lipinski definition) is 8. The normalized spacial score (nSPS) is 12.0. The minimum absolute atomic E-state index is 0.0875. The molecule has 28 heavy (non-hydrogen) atoms. The average Bonchev–Trinajstić information content (AvgIpc) is 3.14. The number of pyridine rings is 1. The van der Waals surface area contributed by atoms with Gasteiger partial charge >= 0.3 is 0 Å². The first-order valence-corrected chi connectivity index (χ1v) is 8.34. The maximum Gasteiger partial charge on any atom is 0.278 e. The number of aryl methyl sites for hydroxylation is 1.